The minimum absolute atomic E-state index is 0. The van der Waals surface area contributed by atoms with Gasteiger partial charge in [0.25, 0.3) is 0 Å². The molecule has 0 aromatic rings. The van der Waals surface area contributed by atoms with Gasteiger partial charge in [0.2, 0.25) is 0 Å². The van der Waals surface area contributed by atoms with Crippen LogP contribution in [0.2, 0.25) is 0 Å². The Kier molecular flexibility index (Phi) is 6.79. The third-order valence-corrected chi connectivity index (χ3v) is 9.71. The first-order valence-corrected chi connectivity index (χ1v) is 11.4. The number of carbonyl (C=O) groups excluding carboxylic acids is 4. The molecule has 8 atom stereocenters. The molecule has 4 rings (SSSR count). The number of carboxylic acids is 1. The monoisotopic (exact) mass is 424 g/mol. The van der Waals surface area contributed by atoms with Crippen molar-refractivity contribution in [3.8, 4) is 0 Å². The standard InChI is InChI=1S/C24H34O5.Na/c1-13(4-7-21(28)29)16-5-6-17-22-18(12-20(27)24(16,17)3)23(2)9-8-15(25)10-14(23)11-19(22)26;/h13-14,16-18,22H,4-12H2,1-3H3,(H,28,29);/q;+1/p-1/t13-,14?,16-,17+,18+,22+,23+,24-;/m1./s1. The smallest absolute Gasteiger partial charge is 0.550 e. The van der Waals surface area contributed by atoms with Crippen molar-refractivity contribution in [1.29, 1.82) is 0 Å². The van der Waals surface area contributed by atoms with E-state index in [1.165, 1.54) is 0 Å². The molecule has 0 aromatic carbocycles. The van der Waals surface area contributed by atoms with Crippen molar-refractivity contribution in [3.05, 3.63) is 0 Å². The van der Waals surface area contributed by atoms with Crippen LogP contribution in [0.4, 0.5) is 0 Å². The van der Waals surface area contributed by atoms with Crippen LogP contribution in [-0.2, 0) is 19.2 Å². The van der Waals surface area contributed by atoms with Gasteiger partial charge >= 0.3 is 29.6 Å². The molecule has 0 saturated heterocycles. The summed E-state index contributed by atoms with van der Waals surface area (Å²) in [5.41, 5.74) is -0.627. The van der Waals surface area contributed by atoms with E-state index in [1.807, 2.05) is 6.92 Å². The van der Waals surface area contributed by atoms with Crippen LogP contribution in [0.25, 0.3) is 0 Å². The molecule has 30 heavy (non-hydrogen) atoms. The van der Waals surface area contributed by atoms with Crippen molar-refractivity contribution >= 4 is 23.3 Å². The second kappa shape index (κ2) is 8.44. The van der Waals surface area contributed by atoms with E-state index < -0.39 is 11.4 Å². The quantitative estimate of drug-likeness (QED) is 0.580. The number of Topliss-reactive ketones (excluding diaryl/α,β-unsaturated/α-hetero) is 3. The van der Waals surface area contributed by atoms with Crippen molar-refractivity contribution in [3.63, 3.8) is 0 Å². The van der Waals surface area contributed by atoms with Crippen molar-refractivity contribution in [1.82, 2.24) is 0 Å². The van der Waals surface area contributed by atoms with Gasteiger partial charge in [0.15, 0.2) is 0 Å². The molecule has 4 fully saturated rings. The average molecular weight is 425 g/mol. The maximum atomic E-state index is 13.6. The van der Waals surface area contributed by atoms with E-state index in [-0.39, 0.29) is 94.3 Å². The topological polar surface area (TPSA) is 91.3 Å². The molecule has 4 aliphatic carbocycles. The summed E-state index contributed by atoms with van der Waals surface area (Å²) in [6, 6.07) is 0. The summed E-state index contributed by atoms with van der Waals surface area (Å²) in [6.07, 6.45) is 5.08. The molecular weight excluding hydrogens is 391 g/mol. The van der Waals surface area contributed by atoms with Gasteiger partial charge in [-0.2, -0.15) is 0 Å². The van der Waals surface area contributed by atoms with Crippen LogP contribution in [0.3, 0.4) is 0 Å². The molecule has 4 aliphatic rings. The molecule has 0 N–H and O–H groups in total. The number of fused-ring (bicyclic) bond motifs is 5. The first-order chi connectivity index (χ1) is 13.6. The summed E-state index contributed by atoms with van der Waals surface area (Å²) in [4.78, 5) is 49.8. The maximum Gasteiger partial charge on any atom is 1.00 e. The Morgan fingerprint density at radius 1 is 1.10 bits per heavy atom. The Hall–Kier alpha value is -0.520. The van der Waals surface area contributed by atoms with Crippen molar-refractivity contribution < 1.29 is 53.8 Å². The Labute approximate surface area is 201 Å². The number of carbonyl (C=O) groups is 4. The third-order valence-electron chi connectivity index (χ3n) is 9.71. The average Bonchev–Trinajstić information content (AvgIpc) is 3.01. The molecule has 6 heteroatoms. The molecule has 0 aromatic heterocycles. The van der Waals surface area contributed by atoms with Gasteiger partial charge in [-0.1, -0.05) is 20.8 Å². The van der Waals surface area contributed by atoms with E-state index in [2.05, 4.69) is 13.8 Å². The summed E-state index contributed by atoms with van der Waals surface area (Å²) in [5, 5.41) is 10.9. The molecule has 0 spiro atoms. The van der Waals surface area contributed by atoms with Crippen LogP contribution in [0.15, 0.2) is 0 Å². The zero-order chi connectivity index (χ0) is 21.1. The molecular formula is C24H33NaO5. The fourth-order valence-electron chi connectivity index (χ4n) is 7.94. The van der Waals surface area contributed by atoms with Gasteiger partial charge in [-0.15, -0.1) is 0 Å². The number of hydrogen-bond acceptors (Lipinski definition) is 5. The third kappa shape index (κ3) is 3.57. The van der Waals surface area contributed by atoms with Crippen LogP contribution in [-0.4, -0.2) is 23.3 Å². The van der Waals surface area contributed by atoms with E-state index in [1.54, 1.807) is 0 Å². The van der Waals surface area contributed by atoms with E-state index in [9.17, 15) is 24.3 Å². The van der Waals surface area contributed by atoms with Crippen LogP contribution in [0, 0.1) is 46.3 Å². The van der Waals surface area contributed by atoms with Crippen LogP contribution >= 0.6 is 0 Å². The van der Waals surface area contributed by atoms with Crippen molar-refractivity contribution in [2.75, 3.05) is 0 Å². The predicted octanol–water partition coefficient (Wildman–Crippen LogP) is -0.257. The fraction of sp³-hybridized carbons (Fsp3) is 0.833. The van der Waals surface area contributed by atoms with Crippen molar-refractivity contribution in [2.24, 2.45) is 46.3 Å². The van der Waals surface area contributed by atoms with Crippen LogP contribution < -0.4 is 34.7 Å². The number of rotatable bonds is 4. The Morgan fingerprint density at radius 3 is 2.47 bits per heavy atom. The summed E-state index contributed by atoms with van der Waals surface area (Å²) in [7, 11) is 0. The van der Waals surface area contributed by atoms with Gasteiger partial charge in [0.1, 0.15) is 17.3 Å². The number of hydrogen-bond donors (Lipinski definition) is 0. The molecule has 0 radical (unpaired) electrons. The minimum atomic E-state index is -1.04. The van der Waals surface area contributed by atoms with Crippen LogP contribution in [0.5, 0.6) is 0 Å². The molecule has 0 heterocycles. The normalized spacial score (nSPS) is 43.8. The van der Waals surface area contributed by atoms with Gasteiger partial charge in [-0.25, -0.2) is 0 Å². The Bertz CT molecular complexity index is 763. The zero-order valence-electron chi connectivity index (χ0n) is 18.9. The fourth-order valence-corrected chi connectivity index (χ4v) is 7.94. The summed E-state index contributed by atoms with van der Waals surface area (Å²) >= 11 is 0. The van der Waals surface area contributed by atoms with Crippen LogP contribution in [0.1, 0.15) is 78.6 Å². The summed E-state index contributed by atoms with van der Waals surface area (Å²) < 4.78 is 0. The first-order valence-electron chi connectivity index (χ1n) is 11.4. The second-order valence-electron chi connectivity index (χ2n) is 10.8. The Morgan fingerprint density at radius 2 is 1.80 bits per heavy atom. The molecule has 160 valence electrons. The van der Waals surface area contributed by atoms with E-state index >= 15 is 0 Å². The van der Waals surface area contributed by atoms with Gasteiger partial charge in [0.05, 0.1) is 0 Å². The number of carboxylic acid groups (broad SMARTS) is 1. The van der Waals surface area contributed by atoms with E-state index in [4.69, 9.17) is 0 Å². The largest absolute Gasteiger partial charge is 1.00 e. The minimum Gasteiger partial charge on any atom is -0.550 e. The SMILES string of the molecule is C[C@H](CCC(=O)[O-])[C@H]1CC[C@H]2[C@@H]3C(=O)CC4CC(=O)CC[C@]4(C)[C@H]3CC(=O)[C@]12C.[Na+]. The summed E-state index contributed by atoms with van der Waals surface area (Å²) in [5.74, 6) is 0.130. The molecule has 0 aliphatic heterocycles. The molecule has 0 amide bonds. The molecule has 0 bridgehead atoms. The molecule has 5 nitrogen and oxygen atoms in total. The van der Waals surface area contributed by atoms with Gasteiger partial charge in [-0.3, -0.25) is 14.4 Å². The van der Waals surface area contributed by atoms with E-state index in [0.717, 1.165) is 19.3 Å². The number of ketones is 3. The maximum absolute atomic E-state index is 13.6. The predicted molar refractivity (Wildman–Crippen MR) is 104 cm³/mol. The van der Waals surface area contributed by atoms with Gasteiger partial charge in [0, 0.05) is 43.0 Å². The zero-order valence-corrected chi connectivity index (χ0v) is 20.9. The second-order valence-corrected chi connectivity index (χ2v) is 10.8. The first kappa shape index (κ1) is 24.1. The van der Waals surface area contributed by atoms with Gasteiger partial charge < -0.3 is 9.90 Å². The van der Waals surface area contributed by atoms with E-state index in [0.29, 0.717) is 32.1 Å². The van der Waals surface area contributed by atoms with Gasteiger partial charge in [-0.05, 0) is 67.1 Å². The van der Waals surface area contributed by atoms with Crippen molar-refractivity contribution in [2.45, 2.75) is 78.6 Å². The molecule has 1 unspecified atom stereocenters. The number of aliphatic carboxylic acids is 1. The Balaban J connectivity index is 0.00000256. The molecule has 4 saturated carbocycles. The summed E-state index contributed by atoms with van der Waals surface area (Å²) in [6.45, 7) is 6.32.